The van der Waals surface area contributed by atoms with Crippen molar-refractivity contribution in [1.82, 2.24) is 14.9 Å². The fourth-order valence-electron chi connectivity index (χ4n) is 2.87. The van der Waals surface area contributed by atoms with Crippen LogP contribution in [0.1, 0.15) is 39.0 Å². The molecule has 1 saturated carbocycles. The number of aliphatic hydroxyl groups is 1. The summed E-state index contributed by atoms with van der Waals surface area (Å²) in [7, 11) is -5.26. The SMILES string of the molecule is CCNC(=NCC1(O)CCC1)NC1CCN(S(=O)(=O)C(F)(F)F)CC1. The van der Waals surface area contributed by atoms with Crippen LogP contribution in [0.4, 0.5) is 13.2 Å². The van der Waals surface area contributed by atoms with Crippen LogP contribution < -0.4 is 10.6 Å². The first kappa shape index (κ1) is 20.2. The van der Waals surface area contributed by atoms with Crippen molar-refractivity contribution in [2.24, 2.45) is 4.99 Å². The summed E-state index contributed by atoms with van der Waals surface area (Å²) in [4.78, 5) is 4.34. The van der Waals surface area contributed by atoms with Crippen LogP contribution in [0.15, 0.2) is 4.99 Å². The number of piperidine rings is 1. The van der Waals surface area contributed by atoms with E-state index in [0.29, 0.717) is 29.7 Å². The molecule has 0 amide bonds. The van der Waals surface area contributed by atoms with Gasteiger partial charge in [0, 0.05) is 25.7 Å². The van der Waals surface area contributed by atoms with Crippen molar-refractivity contribution in [2.45, 2.75) is 56.2 Å². The van der Waals surface area contributed by atoms with Crippen LogP contribution in [0.25, 0.3) is 0 Å². The highest BCUT2D eigenvalue weighted by Crippen LogP contribution is 2.31. The first-order chi connectivity index (χ1) is 11.6. The highest BCUT2D eigenvalue weighted by atomic mass is 32.2. The molecule has 0 aromatic carbocycles. The zero-order valence-electron chi connectivity index (χ0n) is 14.1. The van der Waals surface area contributed by atoms with Gasteiger partial charge in [0.05, 0.1) is 12.1 Å². The van der Waals surface area contributed by atoms with E-state index in [1.807, 2.05) is 6.92 Å². The minimum Gasteiger partial charge on any atom is -0.388 e. The fraction of sp³-hybridized carbons (Fsp3) is 0.929. The number of alkyl halides is 3. The van der Waals surface area contributed by atoms with Gasteiger partial charge in [-0.3, -0.25) is 4.99 Å². The van der Waals surface area contributed by atoms with E-state index in [0.717, 1.165) is 6.42 Å². The molecular weight excluding hydrogens is 361 g/mol. The van der Waals surface area contributed by atoms with Crippen LogP contribution >= 0.6 is 0 Å². The van der Waals surface area contributed by atoms with Crippen LogP contribution in [-0.4, -0.2) is 67.1 Å². The Balaban J connectivity index is 1.89. The molecule has 7 nitrogen and oxygen atoms in total. The predicted octanol–water partition coefficient (Wildman–Crippen LogP) is 0.770. The highest BCUT2D eigenvalue weighted by molar-refractivity contribution is 7.90. The van der Waals surface area contributed by atoms with Gasteiger partial charge in [0.15, 0.2) is 5.96 Å². The average molecular weight is 386 g/mol. The van der Waals surface area contributed by atoms with Gasteiger partial charge in [0.25, 0.3) is 0 Å². The Morgan fingerprint density at radius 1 is 1.32 bits per heavy atom. The van der Waals surface area contributed by atoms with Crippen molar-refractivity contribution < 1.29 is 26.7 Å². The number of sulfonamides is 1. The van der Waals surface area contributed by atoms with Gasteiger partial charge in [0.2, 0.25) is 0 Å². The van der Waals surface area contributed by atoms with Gasteiger partial charge in [-0.15, -0.1) is 0 Å². The molecule has 0 aromatic rings. The first-order valence-corrected chi connectivity index (χ1v) is 9.85. The van der Waals surface area contributed by atoms with Gasteiger partial charge >= 0.3 is 15.5 Å². The summed E-state index contributed by atoms with van der Waals surface area (Å²) in [6.45, 7) is 2.37. The van der Waals surface area contributed by atoms with E-state index >= 15 is 0 Å². The molecule has 2 fully saturated rings. The summed E-state index contributed by atoms with van der Waals surface area (Å²) in [6.07, 6.45) is 2.91. The Morgan fingerprint density at radius 2 is 1.92 bits per heavy atom. The van der Waals surface area contributed by atoms with Gasteiger partial charge in [0.1, 0.15) is 0 Å². The molecule has 1 aliphatic heterocycles. The van der Waals surface area contributed by atoms with Gasteiger partial charge in [-0.2, -0.15) is 17.5 Å². The summed E-state index contributed by atoms with van der Waals surface area (Å²) in [6, 6.07) is -0.173. The summed E-state index contributed by atoms with van der Waals surface area (Å²) < 4.78 is 61.0. The second-order valence-corrected chi connectivity index (χ2v) is 8.47. The molecule has 0 aromatic heterocycles. The lowest BCUT2D eigenvalue weighted by atomic mass is 9.80. The minimum atomic E-state index is -5.26. The van der Waals surface area contributed by atoms with E-state index in [2.05, 4.69) is 15.6 Å². The maximum absolute atomic E-state index is 12.6. The van der Waals surface area contributed by atoms with Crippen LogP contribution in [0.2, 0.25) is 0 Å². The third-order valence-electron chi connectivity index (χ3n) is 4.59. The number of rotatable bonds is 5. The lowest BCUT2D eigenvalue weighted by molar-refractivity contribution is -0.0494. The Bertz CT molecular complexity index is 583. The molecule has 1 heterocycles. The maximum Gasteiger partial charge on any atom is 0.511 e. The predicted molar refractivity (Wildman–Crippen MR) is 87.5 cm³/mol. The molecule has 0 unspecified atom stereocenters. The highest BCUT2D eigenvalue weighted by Gasteiger charge is 2.50. The first-order valence-electron chi connectivity index (χ1n) is 8.41. The van der Waals surface area contributed by atoms with Gasteiger partial charge in [-0.1, -0.05) is 0 Å². The van der Waals surface area contributed by atoms with E-state index in [1.54, 1.807) is 0 Å². The number of nitrogens with zero attached hydrogens (tertiary/aromatic N) is 2. The lowest BCUT2D eigenvalue weighted by Gasteiger charge is -2.35. The molecule has 0 bridgehead atoms. The zero-order chi connectivity index (χ0) is 18.7. The molecule has 25 heavy (non-hydrogen) atoms. The maximum atomic E-state index is 12.6. The van der Waals surface area contributed by atoms with Gasteiger partial charge in [-0.25, -0.2) is 8.42 Å². The summed E-state index contributed by atoms with van der Waals surface area (Å²) >= 11 is 0. The van der Waals surface area contributed by atoms with E-state index in [4.69, 9.17) is 0 Å². The molecule has 2 rings (SSSR count). The number of aliphatic imine (C=N–C) groups is 1. The van der Waals surface area contributed by atoms with Gasteiger partial charge in [-0.05, 0) is 39.0 Å². The molecule has 1 aliphatic carbocycles. The van der Waals surface area contributed by atoms with Crippen LogP contribution in [0.3, 0.4) is 0 Å². The Hall–Kier alpha value is -1.07. The fourth-order valence-corrected chi connectivity index (χ4v) is 3.85. The second-order valence-electron chi connectivity index (χ2n) is 6.54. The monoisotopic (exact) mass is 386 g/mol. The number of halogens is 3. The van der Waals surface area contributed by atoms with Crippen molar-refractivity contribution in [3.8, 4) is 0 Å². The van der Waals surface area contributed by atoms with Crippen molar-refractivity contribution in [2.75, 3.05) is 26.2 Å². The third-order valence-corrected chi connectivity index (χ3v) is 6.22. The quantitative estimate of drug-likeness (QED) is 0.479. The van der Waals surface area contributed by atoms with Crippen LogP contribution in [-0.2, 0) is 10.0 Å². The van der Waals surface area contributed by atoms with E-state index in [9.17, 15) is 26.7 Å². The van der Waals surface area contributed by atoms with E-state index < -0.39 is 21.1 Å². The largest absolute Gasteiger partial charge is 0.511 e. The average Bonchev–Trinajstić information content (AvgIpc) is 2.50. The van der Waals surface area contributed by atoms with Gasteiger partial charge < -0.3 is 15.7 Å². The molecule has 1 saturated heterocycles. The molecule has 0 atom stereocenters. The van der Waals surface area contributed by atoms with Crippen LogP contribution in [0.5, 0.6) is 0 Å². The van der Waals surface area contributed by atoms with Crippen molar-refractivity contribution >= 4 is 16.0 Å². The van der Waals surface area contributed by atoms with E-state index in [1.165, 1.54) is 0 Å². The molecular formula is C14H25F3N4O3S. The van der Waals surface area contributed by atoms with Crippen molar-refractivity contribution in [1.29, 1.82) is 0 Å². The number of guanidine groups is 1. The minimum absolute atomic E-state index is 0.173. The van der Waals surface area contributed by atoms with Crippen molar-refractivity contribution in [3.63, 3.8) is 0 Å². The summed E-state index contributed by atoms with van der Waals surface area (Å²) in [5.41, 5.74) is -6.02. The summed E-state index contributed by atoms with van der Waals surface area (Å²) in [5.74, 6) is 0.486. The number of hydrogen-bond donors (Lipinski definition) is 3. The standard InChI is InChI=1S/C14H25F3N4O3S/c1-2-18-12(19-10-13(22)6-3-7-13)20-11-4-8-21(9-5-11)25(23,24)14(15,16)17/h11,22H,2-10H2,1H3,(H2,18,19,20). The Morgan fingerprint density at radius 3 is 2.36 bits per heavy atom. The molecule has 0 radical (unpaired) electrons. The molecule has 0 spiro atoms. The normalized spacial score (nSPS) is 23.2. The molecule has 146 valence electrons. The lowest BCUT2D eigenvalue weighted by Crippen LogP contribution is -2.52. The second kappa shape index (κ2) is 7.67. The smallest absolute Gasteiger partial charge is 0.388 e. The van der Waals surface area contributed by atoms with Crippen LogP contribution in [0, 0.1) is 0 Å². The molecule has 3 N–H and O–H groups in total. The van der Waals surface area contributed by atoms with Crippen molar-refractivity contribution in [3.05, 3.63) is 0 Å². The zero-order valence-corrected chi connectivity index (χ0v) is 15.0. The molecule has 11 heteroatoms. The number of hydrogen-bond acceptors (Lipinski definition) is 4. The Kier molecular flexibility index (Phi) is 6.21. The number of nitrogens with one attached hydrogen (secondary N) is 2. The molecule has 2 aliphatic rings. The topological polar surface area (TPSA) is 94.0 Å². The van der Waals surface area contributed by atoms with E-state index in [-0.39, 0.29) is 38.5 Å². The summed E-state index contributed by atoms with van der Waals surface area (Å²) in [5, 5.41) is 16.2. The third kappa shape index (κ3) is 4.98. The Labute approximate surface area is 145 Å².